The van der Waals surface area contributed by atoms with Gasteiger partial charge in [-0.05, 0) is 52.1 Å². The number of benzene rings is 8. The molecule has 0 aliphatic carbocycles. The summed E-state index contributed by atoms with van der Waals surface area (Å²) in [6.07, 6.45) is 0. The summed E-state index contributed by atoms with van der Waals surface area (Å²) in [5, 5.41) is 4.17. The number of hydrogen-bond acceptors (Lipinski definition) is 5. The van der Waals surface area contributed by atoms with E-state index < -0.39 is 0 Å². The Hall–Kier alpha value is -7.63. The Morgan fingerprint density at radius 3 is 1.39 bits per heavy atom. The van der Waals surface area contributed by atoms with Gasteiger partial charge in [0.2, 0.25) is 0 Å². The lowest BCUT2D eigenvalue weighted by Gasteiger charge is -2.10. The molecule has 0 saturated carbocycles. The number of aromatic nitrogens is 3. The van der Waals surface area contributed by atoms with Crippen molar-refractivity contribution in [3.05, 3.63) is 188 Å². The van der Waals surface area contributed by atoms with Gasteiger partial charge in [-0.25, -0.2) is 15.0 Å². The predicted molar refractivity (Wildman–Crippen MR) is 227 cm³/mol. The van der Waals surface area contributed by atoms with Crippen LogP contribution >= 0.6 is 0 Å². The van der Waals surface area contributed by atoms with Gasteiger partial charge in [0.1, 0.15) is 22.3 Å². The van der Waals surface area contributed by atoms with Crippen molar-refractivity contribution in [3.63, 3.8) is 0 Å². The summed E-state index contributed by atoms with van der Waals surface area (Å²) >= 11 is 0. The fourth-order valence-corrected chi connectivity index (χ4v) is 7.76. The van der Waals surface area contributed by atoms with E-state index in [1.807, 2.05) is 60.7 Å². The van der Waals surface area contributed by atoms with Gasteiger partial charge in [-0.15, -0.1) is 0 Å². The van der Waals surface area contributed by atoms with Crippen molar-refractivity contribution in [2.45, 2.75) is 0 Å². The minimum Gasteiger partial charge on any atom is -0.455 e. The number of nitrogens with zero attached hydrogens (tertiary/aromatic N) is 3. The number of rotatable bonds is 6. The van der Waals surface area contributed by atoms with Gasteiger partial charge >= 0.3 is 0 Å². The lowest BCUT2D eigenvalue weighted by atomic mass is 9.99. The molecule has 8 aromatic carbocycles. The average Bonchev–Trinajstić information content (AvgIpc) is 3.85. The Labute approximate surface area is 322 Å². The largest absolute Gasteiger partial charge is 0.455 e. The van der Waals surface area contributed by atoms with Crippen LogP contribution < -0.4 is 0 Å². The Morgan fingerprint density at radius 1 is 0.268 bits per heavy atom. The smallest absolute Gasteiger partial charge is 0.167 e. The van der Waals surface area contributed by atoms with Crippen LogP contribution in [0.4, 0.5) is 0 Å². The van der Waals surface area contributed by atoms with Gasteiger partial charge in [0.25, 0.3) is 0 Å². The molecule has 5 heteroatoms. The minimum atomic E-state index is 0.534. The van der Waals surface area contributed by atoms with Gasteiger partial charge < -0.3 is 8.83 Å². The fourth-order valence-electron chi connectivity index (χ4n) is 7.76. The van der Waals surface area contributed by atoms with E-state index in [0.717, 1.165) is 82.8 Å². The minimum absolute atomic E-state index is 0.534. The van der Waals surface area contributed by atoms with Crippen LogP contribution in [0.3, 0.4) is 0 Å². The van der Waals surface area contributed by atoms with Crippen LogP contribution in [0.5, 0.6) is 0 Å². The van der Waals surface area contributed by atoms with E-state index in [-0.39, 0.29) is 0 Å². The molecule has 0 bridgehead atoms. The molecule has 262 valence electrons. The van der Waals surface area contributed by atoms with Crippen LogP contribution in [0.1, 0.15) is 0 Å². The van der Waals surface area contributed by atoms with Crippen LogP contribution in [0.25, 0.3) is 111 Å². The zero-order valence-electron chi connectivity index (χ0n) is 30.1. The topological polar surface area (TPSA) is 65.0 Å². The second-order valence-electron chi connectivity index (χ2n) is 14.0. The maximum Gasteiger partial charge on any atom is 0.167 e. The highest BCUT2D eigenvalue weighted by Crippen LogP contribution is 2.39. The molecule has 0 spiro atoms. The number of furan rings is 2. The van der Waals surface area contributed by atoms with Crippen molar-refractivity contribution in [2.24, 2.45) is 0 Å². The predicted octanol–water partition coefficient (Wildman–Crippen LogP) is 13.7. The maximum absolute atomic E-state index is 6.62. The van der Waals surface area contributed by atoms with Crippen molar-refractivity contribution in [1.82, 2.24) is 15.0 Å². The van der Waals surface area contributed by atoms with E-state index >= 15 is 0 Å². The molecule has 0 fully saturated rings. The van der Waals surface area contributed by atoms with E-state index in [4.69, 9.17) is 23.8 Å². The van der Waals surface area contributed by atoms with Crippen molar-refractivity contribution in [1.29, 1.82) is 0 Å². The molecule has 0 saturated heterocycles. The second kappa shape index (κ2) is 13.0. The van der Waals surface area contributed by atoms with Crippen molar-refractivity contribution >= 4 is 43.9 Å². The molecule has 0 N–H and O–H groups in total. The maximum atomic E-state index is 6.62. The number of fused-ring (bicyclic) bond motifs is 6. The molecule has 0 radical (unpaired) electrons. The summed E-state index contributed by atoms with van der Waals surface area (Å²) in [5.74, 6) is 1.65. The molecular formula is C51H31N3O2. The SMILES string of the molecule is c1ccc(-c2ccc(-c3ccc(-c4nc(-c5ccc6c(c5)oc5c(-c7ccccc7)cccc56)nc(-c5cccc6c5oc5ccccc56)n4)cc3)cc2)cc1. The Kier molecular flexibility index (Phi) is 7.42. The summed E-state index contributed by atoms with van der Waals surface area (Å²) in [6.45, 7) is 0. The number of para-hydroxylation sites is 3. The highest BCUT2D eigenvalue weighted by molar-refractivity contribution is 6.11. The molecule has 11 aromatic rings. The second-order valence-corrected chi connectivity index (χ2v) is 14.0. The molecule has 56 heavy (non-hydrogen) atoms. The van der Waals surface area contributed by atoms with Crippen LogP contribution in [0, 0.1) is 0 Å². The van der Waals surface area contributed by atoms with Crippen LogP contribution in [0.15, 0.2) is 197 Å². The van der Waals surface area contributed by atoms with E-state index in [0.29, 0.717) is 17.5 Å². The summed E-state index contributed by atoms with van der Waals surface area (Å²) < 4.78 is 13.1. The van der Waals surface area contributed by atoms with Crippen LogP contribution in [-0.2, 0) is 0 Å². The molecule has 3 aromatic heterocycles. The van der Waals surface area contributed by atoms with Gasteiger partial charge in [0.05, 0.1) is 5.56 Å². The van der Waals surface area contributed by atoms with Crippen molar-refractivity contribution < 1.29 is 8.83 Å². The van der Waals surface area contributed by atoms with E-state index in [1.54, 1.807) is 0 Å². The normalized spacial score (nSPS) is 11.6. The standard InChI is InChI=1S/C51H31N3O2/c1-3-11-32(12-4-1)33-21-23-34(24-22-33)35-25-27-37(28-26-35)49-52-50(54-51(53-49)44-19-10-18-42-40-15-7-8-20-45(40)55-48(42)44)38-29-30-41-43-17-9-16-39(36-13-5-2-6-14-36)47(43)56-46(41)31-38/h1-31H. The quantitative estimate of drug-likeness (QED) is 0.171. The first-order chi connectivity index (χ1) is 27.7. The zero-order valence-corrected chi connectivity index (χ0v) is 30.1. The Morgan fingerprint density at radius 2 is 0.714 bits per heavy atom. The van der Waals surface area contributed by atoms with Crippen LogP contribution in [0.2, 0.25) is 0 Å². The van der Waals surface area contributed by atoms with Crippen molar-refractivity contribution in [2.75, 3.05) is 0 Å². The first-order valence-electron chi connectivity index (χ1n) is 18.7. The van der Waals surface area contributed by atoms with Gasteiger partial charge in [-0.3, -0.25) is 0 Å². The molecule has 0 aliphatic rings. The first-order valence-corrected chi connectivity index (χ1v) is 18.7. The van der Waals surface area contributed by atoms with E-state index in [2.05, 4.69) is 127 Å². The van der Waals surface area contributed by atoms with Crippen molar-refractivity contribution in [3.8, 4) is 67.5 Å². The van der Waals surface area contributed by atoms with Gasteiger partial charge in [0, 0.05) is 38.2 Å². The molecule has 0 atom stereocenters. The summed E-state index contributed by atoms with van der Waals surface area (Å²) in [5.41, 5.74) is 12.5. The summed E-state index contributed by atoms with van der Waals surface area (Å²) in [4.78, 5) is 15.3. The molecule has 5 nitrogen and oxygen atoms in total. The number of hydrogen-bond donors (Lipinski definition) is 0. The third-order valence-electron chi connectivity index (χ3n) is 10.6. The molecule has 0 aliphatic heterocycles. The molecule has 3 heterocycles. The third-order valence-corrected chi connectivity index (χ3v) is 10.6. The average molecular weight is 718 g/mol. The lowest BCUT2D eigenvalue weighted by Crippen LogP contribution is -2.00. The van der Waals surface area contributed by atoms with Gasteiger partial charge in [0.15, 0.2) is 17.5 Å². The van der Waals surface area contributed by atoms with Gasteiger partial charge in [-0.1, -0.05) is 164 Å². The monoisotopic (exact) mass is 717 g/mol. The molecule has 11 rings (SSSR count). The van der Waals surface area contributed by atoms with Gasteiger partial charge in [-0.2, -0.15) is 0 Å². The summed E-state index contributed by atoms with van der Waals surface area (Å²) in [7, 11) is 0. The Bertz CT molecular complexity index is 3220. The Balaban J connectivity index is 1.04. The zero-order chi connectivity index (χ0) is 37.0. The van der Waals surface area contributed by atoms with E-state index in [9.17, 15) is 0 Å². The molecular weight excluding hydrogens is 687 g/mol. The summed E-state index contributed by atoms with van der Waals surface area (Å²) in [6, 6.07) is 64.6. The highest BCUT2D eigenvalue weighted by atomic mass is 16.3. The molecule has 0 unspecified atom stereocenters. The first kappa shape index (κ1) is 31.9. The lowest BCUT2D eigenvalue weighted by molar-refractivity contribution is 0.669. The fraction of sp³-hybridized carbons (Fsp3) is 0. The molecule has 0 amide bonds. The van der Waals surface area contributed by atoms with E-state index in [1.165, 1.54) is 11.1 Å². The van der Waals surface area contributed by atoms with Crippen LogP contribution in [-0.4, -0.2) is 15.0 Å². The third kappa shape index (κ3) is 5.45. The highest BCUT2D eigenvalue weighted by Gasteiger charge is 2.19.